The number of carbonyl (C=O) groups excluding carboxylic acids is 2. The monoisotopic (exact) mass is 320 g/mol. The minimum Gasteiger partial charge on any atom is -0.461 e. The number of esters is 2. The number of allylic oxidation sites excluding steroid dienone is 1. The average molecular weight is 320 g/mol. The molecule has 3 fully saturated rings. The number of fused-ring (bicyclic) bond motifs is 3. The zero-order valence-corrected chi connectivity index (χ0v) is 14.0. The molecule has 2 aliphatic carbocycles. The van der Waals surface area contributed by atoms with Crippen molar-refractivity contribution in [3.8, 4) is 0 Å². The van der Waals surface area contributed by atoms with E-state index in [1.165, 1.54) is 12.5 Å². The first-order valence-electron chi connectivity index (χ1n) is 8.57. The van der Waals surface area contributed by atoms with Crippen molar-refractivity contribution in [2.45, 2.75) is 76.8 Å². The van der Waals surface area contributed by atoms with E-state index in [1.54, 1.807) is 0 Å². The highest BCUT2D eigenvalue weighted by Gasteiger charge is 2.69. The minimum atomic E-state index is -0.443. The van der Waals surface area contributed by atoms with E-state index >= 15 is 0 Å². The molecular weight excluding hydrogens is 296 g/mol. The second-order valence-corrected chi connectivity index (χ2v) is 7.87. The van der Waals surface area contributed by atoms with Gasteiger partial charge in [0.2, 0.25) is 0 Å². The van der Waals surface area contributed by atoms with Gasteiger partial charge in [-0.3, -0.25) is 9.59 Å². The summed E-state index contributed by atoms with van der Waals surface area (Å²) in [5.74, 6) is -0.513. The summed E-state index contributed by atoms with van der Waals surface area (Å²) < 4.78 is 17.3. The van der Waals surface area contributed by atoms with Gasteiger partial charge in [-0.15, -0.1) is 0 Å². The Hall–Kier alpha value is -1.36. The van der Waals surface area contributed by atoms with E-state index in [9.17, 15) is 9.59 Å². The maximum atomic E-state index is 12.4. The third kappa shape index (κ3) is 2.40. The maximum absolute atomic E-state index is 12.4. The quantitative estimate of drug-likeness (QED) is 0.422. The Kier molecular flexibility index (Phi) is 3.18. The Morgan fingerprint density at radius 3 is 2.78 bits per heavy atom. The predicted molar refractivity (Wildman–Crippen MR) is 81.5 cm³/mol. The van der Waals surface area contributed by atoms with Crippen molar-refractivity contribution in [1.29, 1.82) is 0 Å². The molecule has 1 saturated carbocycles. The van der Waals surface area contributed by atoms with Gasteiger partial charge in [-0.2, -0.15) is 0 Å². The van der Waals surface area contributed by atoms with Crippen LogP contribution in [0.25, 0.3) is 0 Å². The van der Waals surface area contributed by atoms with E-state index in [-0.39, 0.29) is 41.8 Å². The fraction of sp³-hybridized carbons (Fsp3) is 0.778. The summed E-state index contributed by atoms with van der Waals surface area (Å²) in [4.78, 5) is 24.0. The second kappa shape index (κ2) is 4.82. The molecule has 0 aromatic rings. The first-order chi connectivity index (χ1) is 10.8. The predicted octanol–water partition coefficient (Wildman–Crippen LogP) is 2.53. The molecule has 5 unspecified atom stereocenters. The van der Waals surface area contributed by atoms with Crippen LogP contribution in [0.4, 0.5) is 0 Å². The van der Waals surface area contributed by atoms with Crippen LogP contribution in [0, 0.1) is 11.3 Å². The number of rotatable bonds is 1. The van der Waals surface area contributed by atoms with Gasteiger partial charge >= 0.3 is 11.9 Å². The fourth-order valence-electron chi connectivity index (χ4n) is 4.55. The van der Waals surface area contributed by atoms with Crippen LogP contribution in [-0.4, -0.2) is 35.9 Å². The van der Waals surface area contributed by atoms with Crippen molar-refractivity contribution in [1.82, 2.24) is 0 Å². The van der Waals surface area contributed by atoms with Gasteiger partial charge in [-0.1, -0.05) is 5.57 Å². The molecule has 2 saturated heterocycles. The lowest BCUT2D eigenvalue weighted by molar-refractivity contribution is -0.148. The molecule has 4 rings (SSSR count). The van der Waals surface area contributed by atoms with Crippen molar-refractivity contribution >= 4 is 11.9 Å². The molecule has 2 aliphatic heterocycles. The van der Waals surface area contributed by atoms with Crippen LogP contribution < -0.4 is 0 Å². The zero-order valence-electron chi connectivity index (χ0n) is 14.0. The molecular formula is C18H24O5. The maximum Gasteiger partial charge on any atom is 0.312 e. The van der Waals surface area contributed by atoms with Gasteiger partial charge in [0.25, 0.3) is 0 Å². The summed E-state index contributed by atoms with van der Waals surface area (Å²) in [7, 11) is 0. The molecule has 1 spiro atoms. The topological polar surface area (TPSA) is 65.1 Å². The van der Waals surface area contributed by atoms with Crippen molar-refractivity contribution in [3.05, 3.63) is 11.6 Å². The van der Waals surface area contributed by atoms with Gasteiger partial charge in [-0.05, 0) is 45.6 Å². The molecule has 0 N–H and O–H groups in total. The molecule has 0 aromatic heterocycles. The third-order valence-electron chi connectivity index (χ3n) is 6.04. The fourth-order valence-corrected chi connectivity index (χ4v) is 4.55. The molecule has 0 bridgehead atoms. The van der Waals surface area contributed by atoms with Crippen molar-refractivity contribution < 1.29 is 23.8 Å². The van der Waals surface area contributed by atoms with Crippen LogP contribution in [-0.2, 0) is 23.8 Å². The second-order valence-electron chi connectivity index (χ2n) is 7.87. The van der Waals surface area contributed by atoms with Gasteiger partial charge in [0, 0.05) is 13.3 Å². The highest BCUT2D eigenvalue weighted by atomic mass is 16.6. The molecule has 4 aliphatic rings. The van der Waals surface area contributed by atoms with Gasteiger partial charge in [0.15, 0.2) is 0 Å². The Morgan fingerprint density at radius 1 is 1.39 bits per heavy atom. The van der Waals surface area contributed by atoms with Crippen LogP contribution in [0.2, 0.25) is 0 Å². The lowest BCUT2D eigenvalue weighted by atomic mass is 9.78. The average Bonchev–Trinajstić information content (AvgIpc) is 3.31. The summed E-state index contributed by atoms with van der Waals surface area (Å²) in [5.41, 5.74) is 0.536. The van der Waals surface area contributed by atoms with Crippen LogP contribution in [0.3, 0.4) is 0 Å². The van der Waals surface area contributed by atoms with E-state index in [4.69, 9.17) is 14.2 Å². The van der Waals surface area contributed by atoms with E-state index < -0.39 is 5.41 Å². The van der Waals surface area contributed by atoms with Gasteiger partial charge in [0.05, 0.1) is 23.0 Å². The Morgan fingerprint density at radius 2 is 2.13 bits per heavy atom. The summed E-state index contributed by atoms with van der Waals surface area (Å²) in [5, 5.41) is 0. The Labute approximate surface area is 136 Å². The number of hydrogen-bond acceptors (Lipinski definition) is 5. The largest absolute Gasteiger partial charge is 0.461 e. The molecule has 2 heterocycles. The van der Waals surface area contributed by atoms with Gasteiger partial charge < -0.3 is 14.2 Å². The van der Waals surface area contributed by atoms with Crippen molar-refractivity contribution in [2.24, 2.45) is 11.3 Å². The van der Waals surface area contributed by atoms with Gasteiger partial charge in [0.1, 0.15) is 12.2 Å². The van der Waals surface area contributed by atoms with Crippen LogP contribution in [0.15, 0.2) is 11.6 Å². The molecule has 0 aromatic carbocycles. The lowest BCUT2D eigenvalue weighted by Crippen LogP contribution is -2.38. The SMILES string of the molecule is CC(=O)OC1C=C(C)CCC2OC2(C)CC2OC(=O)C3(CC3)C12. The first kappa shape index (κ1) is 15.2. The zero-order chi connectivity index (χ0) is 16.4. The van der Waals surface area contributed by atoms with E-state index in [0.29, 0.717) is 6.42 Å². The van der Waals surface area contributed by atoms with Crippen molar-refractivity contribution in [3.63, 3.8) is 0 Å². The van der Waals surface area contributed by atoms with E-state index in [0.717, 1.165) is 25.7 Å². The number of epoxide rings is 1. The van der Waals surface area contributed by atoms with E-state index in [1.807, 2.05) is 6.08 Å². The molecule has 5 atom stereocenters. The minimum absolute atomic E-state index is 0.0892. The Balaban J connectivity index is 1.72. The number of carbonyl (C=O) groups is 2. The summed E-state index contributed by atoms with van der Waals surface area (Å²) in [6.07, 6.45) is 5.91. The molecule has 5 nitrogen and oxygen atoms in total. The summed E-state index contributed by atoms with van der Waals surface area (Å²) in [6, 6.07) is 0. The third-order valence-corrected chi connectivity index (χ3v) is 6.04. The van der Waals surface area contributed by atoms with Crippen LogP contribution >= 0.6 is 0 Å². The summed E-state index contributed by atoms with van der Waals surface area (Å²) >= 11 is 0. The Bertz CT molecular complexity index is 590. The first-order valence-corrected chi connectivity index (χ1v) is 8.57. The molecule has 126 valence electrons. The smallest absolute Gasteiger partial charge is 0.312 e. The molecule has 23 heavy (non-hydrogen) atoms. The molecule has 5 heteroatoms. The molecule has 0 radical (unpaired) electrons. The lowest BCUT2D eigenvalue weighted by Gasteiger charge is -2.29. The number of hydrogen-bond donors (Lipinski definition) is 0. The van der Waals surface area contributed by atoms with Crippen LogP contribution in [0.1, 0.15) is 52.9 Å². The normalized spacial score (nSPS) is 43.8. The molecule has 0 amide bonds. The van der Waals surface area contributed by atoms with Crippen molar-refractivity contribution in [2.75, 3.05) is 0 Å². The number of ether oxygens (including phenoxy) is 3. The van der Waals surface area contributed by atoms with Gasteiger partial charge in [-0.25, -0.2) is 0 Å². The highest BCUT2D eigenvalue weighted by molar-refractivity contribution is 5.83. The standard InChI is InChI=1S/C18H24O5/c1-10-4-5-14-17(3,23-14)9-13-15(12(8-10)21-11(2)19)18(6-7-18)16(20)22-13/h8,12-15H,4-7,9H2,1-3H3. The van der Waals surface area contributed by atoms with E-state index in [2.05, 4.69) is 13.8 Å². The highest BCUT2D eigenvalue weighted by Crippen LogP contribution is 2.62. The van der Waals surface area contributed by atoms with Crippen LogP contribution in [0.5, 0.6) is 0 Å². The summed E-state index contributed by atoms with van der Waals surface area (Å²) in [6.45, 7) is 5.58.